The number of carbonyl (C=O) groups is 1. The fourth-order valence-electron chi connectivity index (χ4n) is 0.968. The van der Waals surface area contributed by atoms with Gasteiger partial charge in [0.05, 0.1) is 11.4 Å². The van der Waals surface area contributed by atoms with Gasteiger partial charge in [-0.25, -0.2) is 5.84 Å². The minimum Gasteiger partial charge on any atom is -0.397 e. The van der Waals surface area contributed by atoms with Crippen molar-refractivity contribution < 1.29 is 4.79 Å². The second-order valence-electron chi connectivity index (χ2n) is 2.55. The van der Waals surface area contributed by atoms with Gasteiger partial charge >= 0.3 is 0 Å². The molecule has 0 radical (unpaired) electrons. The molecule has 4 heteroatoms. The fraction of sp³-hybridized carbons (Fsp3) is 0.125. The quantitative estimate of drug-likeness (QED) is 0.288. The molecule has 0 bridgehead atoms. The number of nitrogens with two attached hydrogens (primary N) is 2. The van der Waals surface area contributed by atoms with Crippen molar-refractivity contribution in [1.82, 2.24) is 0 Å². The van der Waals surface area contributed by atoms with Crippen molar-refractivity contribution in [2.75, 3.05) is 17.8 Å². The highest BCUT2D eigenvalue weighted by atomic mass is 16.1. The van der Waals surface area contributed by atoms with Crippen molar-refractivity contribution in [2.45, 2.75) is 0 Å². The van der Waals surface area contributed by atoms with E-state index in [-0.39, 0.29) is 0 Å². The molecule has 0 fully saturated rings. The number of carbonyl (C=O) groups excluding carboxylic acids is 1. The molecule has 4 nitrogen and oxygen atoms in total. The number of anilines is 2. The van der Waals surface area contributed by atoms with Gasteiger partial charge in [-0.15, -0.1) is 0 Å². The Labute approximate surface area is 70.7 Å². The summed E-state index contributed by atoms with van der Waals surface area (Å²) >= 11 is 0. The topological polar surface area (TPSA) is 72.3 Å². The SMILES string of the molecule is CN(N)c1ccc(C=O)cc1N. The maximum absolute atomic E-state index is 10.3. The van der Waals surface area contributed by atoms with E-state index in [1.54, 1.807) is 25.2 Å². The van der Waals surface area contributed by atoms with E-state index in [1.807, 2.05) is 0 Å². The van der Waals surface area contributed by atoms with Gasteiger partial charge in [-0.2, -0.15) is 0 Å². The van der Waals surface area contributed by atoms with Crippen LogP contribution in [0.2, 0.25) is 0 Å². The predicted molar refractivity (Wildman–Crippen MR) is 48.8 cm³/mol. The number of hydrogen-bond donors (Lipinski definition) is 2. The zero-order chi connectivity index (χ0) is 9.14. The second kappa shape index (κ2) is 3.23. The third kappa shape index (κ3) is 1.54. The normalized spacial score (nSPS) is 9.50. The molecule has 0 unspecified atom stereocenters. The van der Waals surface area contributed by atoms with Crippen molar-refractivity contribution in [2.24, 2.45) is 5.84 Å². The van der Waals surface area contributed by atoms with Crippen LogP contribution < -0.4 is 16.6 Å². The van der Waals surface area contributed by atoms with E-state index in [0.717, 1.165) is 6.29 Å². The molecule has 0 heterocycles. The average molecular weight is 165 g/mol. The smallest absolute Gasteiger partial charge is 0.150 e. The van der Waals surface area contributed by atoms with E-state index in [2.05, 4.69) is 0 Å². The first-order valence-electron chi connectivity index (χ1n) is 3.48. The largest absolute Gasteiger partial charge is 0.397 e. The van der Waals surface area contributed by atoms with Crippen LogP contribution in [0.1, 0.15) is 10.4 Å². The number of hydrazine groups is 1. The average Bonchev–Trinajstić information content (AvgIpc) is 2.03. The summed E-state index contributed by atoms with van der Waals surface area (Å²) in [4.78, 5) is 10.3. The van der Waals surface area contributed by atoms with Crippen molar-refractivity contribution in [3.8, 4) is 0 Å². The van der Waals surface area contributed by atoms with Gasteiger partial charge < -0.3 is 10.7 Å². The lowest BCUT2D eigenvalue weighted by molar-refractivity contribution is 0.112. The van der Waals surface area contributed by atoms with Crippen molar-refractivity contribution in [3.05, 3.63) is 23.8 Å². The number of aldehydes is 1. The summed E-state index contributed by atoms with van der Waals surface area (Å²) in [6.45, 7) is 0. The summed E-state index contributed by atoms with van der Waals surface area (Å²) in [5, 5.41) is 1.41. The maximum atomic E-state index is 10.3. The van der Waals surface area contributed by atoms with Crippen LogP contribution in [-0.4, -0.2) is 13.3 Å². The zero-order valence-electron chi connectivity index (χ0n) is 6.82. The minimum absolute atomic E-state index is 0.504. The molecule has 0 aliphatic carbocycles. The van der Waals surface area contributed by atoms with Crippen molar-refractivity contribution in [3.63, 3.8) is 0 Å². The first kappa shape index (κ1) is 8.55. The molecule has 0 aliphatic rings. The molecular weight excluding hydrogens is 154 g/mol. The number of nitrogens with zero attached hydrogens (tertiary/aromatic N) is 1. The molecule has 0 amide bonds. The Hall–Kier alpha value is -1.55. The van der Waals surface area contributed by atoms with Crippen LogP contribution in [0.4, 0.5) is 11.4 Å². The standard InChI is InChI=1S/C8H11N3O/c1-11(10)8-3-2-6(5-12)4-7(8)9/h2-5H,9-10H2,1H3. The van der Waals surface area contributed by atoms with Gasteiger partial charge in [-0.05, 0) is 18.2 Å². The summed E-state index contributed by atoms with van der Waals surface area (Å²) in [6.07, 6.45) is 0.747. The van der Waals surface area contributed by atoms with Gasteiger partial charge in [0, 0.05) is 12.6 Å². The molecule has 64 valence electrons. The van der Waals surface area contributed by atoms with Gasteiger partial charge in [0.2, 0.25) is 0 Å². The lowest BCUT2D eigenvalue weighted by atomic mass is 10.2. The lowest BCUT2D eigenvalue weighted by Gasteiger charge is -2.14. The number of benzene rings is 1. The zero-order valence-corrected chi connectivity index (χ0v) is 6.82. The Bertz CT molecular complexity index is 296. The molecule has 12 heavy (non-hydrogen) atoms. The Balaban J connectivity index is 3.11. The summed E-state index contributed by atoms with van der Waals surface area (Å²) < 4.78 is 0. The van der Waals surface area contributed by atoms with Gasteiger partial charge in [0.1, 0.15) is 6.29 Å². The van der Waals surface area contributed by atoms with Gasteiger partial charge in [-0.1, -0.05) is 0 Å². The first-order valence-corrected chi connectivity index (χ1v) is 3.48. The van der Waals surface area contributed by atoms with E-state index < -0.39 is 0 Å². The van der Waals surface area contributed by atoms with Gasteiger partial charge in [0.15, 0.2) is 0 Å². The Kier molecular flexibility index (Phi) is 2.30. The molecule has 0 aliphatic heterocycles. The third-order valence-electron chi connectivity index (χ3n) is 1.57. The Morgan fingerprint density at radius 1 is 1.50 bits per heavy atom. The summed E-state index contributed by atoms with van der Waals surface area (Å²) in [6, 6.07) is 4.97. The predicted octanol–water partition coefficient (Wildman–Crippen LogP) is 0.391. The molecule has 0 spiro atoms. The second-order valence-corrected chi connectivity index (χ2v) is 2.55. The summed E-state index contributed by atoms with van der Waals surface area (Å²) in [5.41, 5.74) is 7.38. The lowest BCUT2D eigenvalue weighted by Crippen LogP contribution is -2.25. The van der Waals surface area contributed by atoms with Crippen molar-refractivity contribution >= 4 is 17.7 Å². The molecule has 1 aromatic rings. The van der Waals surface area contributed by atoms with Crippen LogP contribution in [0.5, 0.6) is 0 Å². The van der Waals surface area contributed by atoms with Gasteiger partial charge in [0.25, 0.3) is 0 Å². The van der Waals surface area contributed by atoms with Crippen LogP contribution in [0.15, 0.2) is 18.2 Å². The molecule has 4 N–H and O–H groups in total. The highest BCUT2D eigenvalue weighted by molar-refractivity contribution is 5.80. The van der Waals surface area contributed by atoms with Crippen LogP contribution >= 0.6 is 0 Å². The van der Waals surface area contributed by atoms with Crippen LogP contribution in [0.25, 0.3) is 0 Å². The number of hydrogen-bond acceptors (Lipinski definition) is 4. The monoisotopic (exact) mass is 165 g/mol. The Morgan fingerprint density at radius 2 is 2.17 bits per heavy atom. The molecule has 0 atom stereocenters. The van der Waals surface area contributed by atoms with Gasteiger partial charge in [-0.3, -0.25) is 4.79 Å². The molecule has 1 rings (SSSR count). The Morgan fingerprint density at radius 3 is 2.58 bits per heavy atom. The molecular formula is C8H11N3O. The van der Waals surface area contributed by atoms with Crippen molar-refractivity contribution in [1.29, 1.82) is 0 Å². The minimum atomic E-state index is 0.504. The van der Waals surface area contributed by atoms with E-state index in [0.29, 0.717) is 16.9 Å². The fourth-order valence-corrected chi connectivity index (χ4v) is 0.968. The molecule has 0 saturated carbocycles. The summed E-state index contributed by atoms with van der Waals surface area (Å²) in [7, 11) is 1.69. The van der Waals surface area contributed by atoms with E-state index in [4.69, 9.17) is 11.6 Å². The van der Waals surface area contributed by atoms with E-state index in [9.17, 15) is 4.79 Å². The molecule has 0 saturated heterocycles. The van der Waals surface area contributed by atoms with Crippen LogP contribution in [0, 0.1) is 0 Å². The first-order chi connectivity index (χ1) is 5.65. The third-order valence-corrected chi connectivity index (χ3v) is 1.57. The summed E-state index contributed by atoms with van der Waals surface area (Å²) in [5.74, 6) is 5.47. The van der Waals surface area contributed by atoms with Crippen LogP contribution in [0.3, 0.4) is 0 Å². The molecule has 0 aromatic heterocycles. The number of nitrogen functional groups attached to an aromatic ring is 1. The number of rotatable bonds is 2. The van der Waals surface area contributed by atoms with Crippen LogP contribution in [-0.2, 0) is 0 Å². The highest BCUT2D eigenvalue weighted by Crippen LogP contribution is 2.20. The van der Waals surface area contributed by atoms with E-state index in [1.165, 1.54) is 5.01 Å². The molecule has 1 aromatic carbocycles. The maximum Gasteiger partial charge on any atom is 0.150 e. The van der Waals surface area contributed by atoms with E-state index >= 15 is 0 Å². The highest BCUT2D eigenvalue weighted by Gasteiger charge is 2.01.